The van der Waals surface area contributed by atoms with Gasteiger partial charge in [0.25, 0.3) is 0 Å². The molecule has 6 heteroatoms. The van der Waals surface area contributed by atoms with Gasteiger partial charge in [0.05, 0.1) is 15.2 Å². The number of carboxylic acid groups (broad SMARTS) is 1. The maximum atomic E-state index is 13.1. The maximum absolute atomic E-state index is 13.1. The number of benzene rings is 1. The van der Waals surface area contributed by atoms with Gasteiger partial charge in [0, 0.05) is 0 Å². The minimum Gasteiger partial charge on any atom is -0.481 e. The van der Waals surface area contributed by atoms with Gasteiger partial charge in [-0.2, -0.15) is 0 Å². The van der Waals surface area contributed by atoms with E-state index >= 15 is 0 Å². The Balaban J connectivity index is 2.46. The average Bonchev–Trinajstić information content (AvgIpc) is 2.49. The largest absolute Gasteiger partial charge is 0.481 e. The summed E-state index contributed by atoms with van der Waals surface area (Å²) < 4.78 is 37.5. The van der Waals surface area contributed by atoms with Crippen molar-refractivity contribution in [3.8, 4) is 0 Å². The molecule has 1 aromatic rings. The van der Waals surface area contributed by atoms with Crippen LogP contribution < -0.4 is 0 Å². The number of hydrogen-bond acceptors (Lipinski definition) is 3. The zero-order valence-corrected chi connectivity index (χ0v) is 11.3. The van der Waals surface area contributed by atoms with Gasteiger partial charge in [0.15, 0.2) is 0 Å². The summed E-state index contributed by atoms with van der Waals surface area (Å²) in [6.45, 7) is 2.91. The molecule has 0 saturated carbocycles. The summed E-state index contributed by atoms with van der Waals surface area (Å²) in [5.74, 6) is -1.60. The molecule has 19 heavy (non-hydrogen) atoms. The topological polar surface area (TPSA) is 71.4 Å². The predicted octanol–water partition coefficient (Wildman–Crippen LogP) is 2.45. The summed E-state index contributed by atoms with van der Waals surface area (Å²) in [7, 11) is -3.70. The number of halogens is 1. The number of rotatable bonds is 3. The first-order valence-corrected chi connectivity index (χ1v) is 7.11. The fourth-order valence-electron chi connectivity index (χ4n) is 1.93. The highest BCUT2D eigenvalue weighted by Crippen LogP contribution is 2.39. The normalized spacial score (nSPS) is 16.9. The van der Waals surface area contributed by atoms with Gasteiger partial charge in [-0.1, -0.05) is 0 Å². The summed E-state index contributed by atoms with van der Waals surface area (Å²) in [5.41, 5.74) is -0.921. The van der Waals surface area contributed by atoms with Crippen LogP contribution in [0.25, 0.3) is 6.08 Å². The Morgan fingerprint density at radius 1 is 1.37 bits per heavy atom. The van der Waals surface area contributed by atoms with Crippen molar-refractivity contribution in [2.75, 3.05) is 0 Å². The SMILES string of the molecule is CC(C)(CC1=Cc2cc(F)ccc2S1(=O)=O)C(=O)O. The van der Waals surface area contributed by atoms with Gasteiger partial charge in [-0.25, -0.2) is 12.8 Å². The highest BCUT2D eigenvalue weighted by atomic mass is 32.2. The van der Waals surface area contributed by atoms with Gasteiger partial charge in [-0.05, 0) is 50.1 Å². The standard InChI is InChI=1S/C13H13FO4S/c1-13(2,12(15)16)7-10-6-8-5-9(14)3-4-11(8)19(10,17)18/h3-6H,7H2,1-2H3,(H,15,16). The number of sulfone groups is 1. The van der Waals surface area contributed by atoms with Gasteiger partial charge < -0.3 is 5.11 Å². The second kappa shape index (κ2) is 4.16. The predicted molar refractivity (Wildman–Crippen MR) is 67.6 cm³/mol. The number of aliphatic carboxylic acids is 1. The average molecular weight is 284 g/mol. The van der Waals surface area contributed by atoms with Crippen LogP contribution >= 0.6 is 0 Å². The fraction of sp³-hybridized carbons (Fsp3) is 0.308. The molecule has 0 saturated heterocycles. The van der Waals surface area contributed by atoms with E-state index in [-0.39, 0.29) is 21.8 Å². The number of allylic oxidation sites excluding steroid dienone is 1. The number of hydrogen-bond donors (Lipinski definition) is 1. The first-order valence-electron chi connectivity index (χ1n) is 5.63. The quantitative estimate of drug-likeness (QED) is 0.865. The van der Waals surface area contributed by atoms with Crippen LogP contribution in [0, 0.1) is 11.2 Å². The first-order chi connectivity index (χ1) is 8.64. The Bertz CT molecular complexity index is 687. The van der Waals surface area contributed by atoms with E-state index in [1.54, 1.807) is 0 Å². The third kappa shape index (κ3) is 2.28. The molecule has 0 radical (unpaired) electrons. The van der Waals surface area contributed by atoms with E-state index in [1.165, 1.54) is 26.0 Å². The second-order valence-corrected chi connectivity index (χ2v) is 7.13. The number of carboxylic acids is 1. The van der Waals surface area contributed by atoms with Crippen LogP contribution in [0.15, 0.2) is 28.0 Å². The summed E-state index contributed by atoms with van der Waals surface area (Å²) in [6, 6.07) is 3.42. The Morgan fingerprint density at radius 2 is 2.00 bits per heavy atom. The molecule has 0 bridgehead atoms. The lowest BCUT2D eigenvalue weighted by Gasteiger charge is -2.19. The van der Waals surface area contributed by atoms with E-state index < -0.39 is 27.0 Å². The lowest BCUT2D eigenvalue weighted by Crippen LogP contribution is -2.25. The van der Waals surface area contributed by atoms with Gasteiger partial charge in [0.1, 0.15) is 5.82 Å². The van der Waals surface area contributed by atoms with E-state index in [0.717, 1.165) is 12.1 Å². The molecule has 0 spiro atoms. The second-order valence-electron chi connectivity index (χ2n) is 5.16. The smallest absolute Gasteiger partial charge is 0.309 e. The molecule has 2 rings (SSSR count). The Kier molecular flexibility index (Phi) is 3.01. The third-order valence-corrected chi connectivity index (χ3v) is 5.02. The van der Waals surface area contributed by atoms with Gasteiger partial charge in [-0.3, -0.25) is 4.79 Å². The molecule has 0 atom stereocenters. The zero-order chi connectivity index (χ0) is 14.4. The summed E-state index contributed by atoms with van der Waals surface area (Å²) in [4.78, 5) is 11.1. The lowest BCUT2D eigenvalue weighted by atomic mass is 9.89. The van der Waals surface area contributed by atoms with Crippen LogP contribution in [-0.2, 0) is 14.6 Å². The van der Waals surface area contributed by atoms with Crippen molar-refractivity contribution in [2.45, 2.75) is 25.2 Å². The molecule has 0 unspecified atom stereocenters. The van der Waals surface area contributed by atoms with Crippen LogP contribution in [-0.4, -0.2) is 19.5 Å². The molecular weight excluding hydrogens is 271 g/mol. The first kappa shape index (κ1) is 13.7. The van der Waals surface area contributed by atoms with Crippen LogP contribution in [0.1, 0.15) is 25.8 Å². The van der Waals surface area contributed by atoms with Crippen LogP contribution in [0.3, 0.4) is 0 Å². The van der Waals surface area contributed by atoms with E-state index in [9.17, 15) is 17.6 Å². The van der Waals surface area contributed by atoms with E-state index in [1.807, 2.05) is 0 Å². The van der Waals surface area contributed by atoms with E-state index in [0.29, 0.717) is 0 Å². The van der Waals surface area contributed by atoms with Gasteiger partial charge in [-0.15, -0.1) is 0 Å². The minimum atomic E-state index is -3.70. The Labute approximate surface area is 110 Å². The summed E-state index contributed by atoms with van der Waals surface area (Å²) in [6.07, 6.45) is 1.22. The van der Waals surface area contributed by atoms with E-state index in [4.69, 9.17) is 5.11 Å². The van der Waals surface area contributed by atoms with Crippen molar-refractivity contribution in [1.29, 1.82) is 0 Å². The van der Waals surface area contributed by atoms with Crippen LogP contribution in [0.2, 0.25) is 0 Å². The number of carbonyl (C=O) groups is 1. The summed E-state index contributed by atoms with van der Waals surface area (Å²) in [5, 5.41) is 9.05. The maximum Gasteiger partial charge on any atom is 0.309 e. The highest BCUT2D eigenvalue weighted by Gasteiger charge is 2.37. The number of fused-ring (bicyclic) bond motifs is 1. The minimum absolute atomic E-state index is 0.0144. The molecule has 1 aliphatic heterocycles. The van der Waals surface area contributed by atoms with Gasteiger partial charge >= 0.3 is 5.97 Å². The van der Waals surface area contributed by atoms with Crippen molar-refractivity contribution in [3.05, 3.63) is 34.5 Å². The van der Waals surface area contributed by atoms with Crippen molar-refractivity contribution >= 4 is 21.9 Å². The molecule has 1 N–H and O–H groups in total. The van der Waals surface area contributed by atoms with Crippen molar-refractivity contribution < 1.29 is 22.7 Å². The molecular formula is C13H13FO4S. The molecule has 0 amide bonds. The Morgan fingerprint density at radius 3 is 2.58 bits per heavy atom. The Hall–Kier alpha value is -1.69. The third-order valence-electron chi connectivity index (χ3n) is 3.12. The highest BCUT2D eigenvalue weighted by molar-refractivity contribution is 7.95. The van der Waals surface area contributed by atoms with Gasteiger partial charge in [0.2, 0.25) is 9.84 Å². The molecule has 0 aromatic heterocycles. The fourth-order valence-corrected chi connectivity index (χ4v) is 3.72. The molecule has 1 aliphatic rings. The van der Waals surface area contributed by atoms with Crippen LogP contribution in [0.5, 0.6) is 0 Å². The molecule has 0 fully saturated rings. The van der Waals surface area contributed by atoms with E-state index in [2.05, 4.69) is 0 Å². The lowest BCUT2D eigenvalue weighted by molar-refractivity contribution is -0.146. The molecule has 4 nitrogen and oxygen atoms in total. The monoisotopic (exact) mass is 284 g/mol. The van der Waals surface area contributed by atoms with Crippen molar-refractivity contribution in [3.63, 3.8) is 0 Å². The molecule has 102 valence electrons. The van der Waals surface area contributed by atoms with Crippen molar-refractivity contribution in [2.24, 2.45) is 5.41 Å². The van der Waals surface area contributed by atoms with Crippen molar-refractivity contribution in [1.82, 2.24) is 0 Å². The van der Waals surface area contributed by atoms with Crippen LogP contribution in [0.4, 0.5) is 4.39 Å². The summed E-state index contributed by atoms with van der Waals surface area (Å²) >= 11 is 0. The molecule has 0 aliphatic carbocycles. The molecule has 1 aromatic carbocycles. The zero-order valence-electron chi connectivity index (χ0n) is 10.5. The molecule has 1 heterocycles.